The van der Waals surface area contributed by atoms with Gasteiger partial charge in [0.2, 0.25) is 0 Å². The van der Waals surface area contributed by atoms with Crippen LogP contribution in [0.4, 0.5) is 0 Å². The number of aromatic hydroxyl groups is 1. The molecule has 0 bridgehead atoms. The molecule has 0 aliphatic carbocycles. The molecule has 2 aromatic heterocycles. The number of aromatic amines is 1. The van der Waals surface area contributed by atoms with Crippen molar-refractivity contribution in [2.75, 3.05) is 6.54 Å². The Bertz CT molecular complexity index is 1180. The third-order valence-electron chi connectivity index (χ3n) is 4.76. The molecule has 0 fully saturated rings. The maximum absolute atomic E-state index is 12.3. The Labute approximate surface area is 158 Å². The average Bonchev–Trinajstić information content (AvgIpc) is 3.04. The Balaban J connectivity index is 2.06. The minimum atomic E-state index is -0.173. The van der Waals surface area contributed by atoms with Crippen molar-refractivity contribution >= 4 is 43.9 Å². The second-order valence-electron chi connectivity index (χ2n) is 6.38. The fourth-order valence-corrected chi connectivity index (χ4v) is 4.48. The van der Waals surface area contributed by atoms with Gasteiger partial charge in [0, 0.05) is 27.2 Å². The number of hydrogen-bond donors (Lipinski definition) is 3. The number of phenols is 1. The Morgan fingerprint density at radius 1 is 1.19 bits per heavy atom. The summed E-state index contributed by atoms with van der Waals surface area (Å²) >= 11 is 7.69. The number of phenolic OH excluding ortho intramolecular Hbond substituents is 1. The van der Waals surface area contributed by atoms with E-state index in [0.29, 0.717) is 32.7 Å². The number of thiophene rings is 1. The van der Waals surface area contributed by atoms with E-state index in [2.05, 4.69) is 11.9 Å². The number of halogens is 1. The van der Waals surface area contributed by atoms with E-state index in [0.717, 1.165) is 16.5 Å². The average molecular weight is 385 g/mol. The summed E-state index contributed by atoms with van der Waals surface area (Å²) in [5.41, 5.74) is 8.88. The van der Waals surface area contributed by atoms with Crippen LogP contribution in [0.5, 0.6) is 5.75 Å². The second kappa shape index (κ2) is 6.43. The Morgan fingerprint density at radius 2 is 1.92 bits per heavy atom. The molecule has 2 aromatic carbocycles. The molecule has 0 saturated heterocycles. The number of benzene rings is 2. The number of aromatic nitrogens is 1. The van der Waals surface area contributed by atoms with Gasteiger partial charge in [0.05, 0.1) is 5.02 Å². The molecule has 0 amide bonds. The molecule has 0 saturated carbocycles. The van der Waals surface area contributed by atoms with E-state index in [1.807, 2.05) is 24.3 Å². The second-order valence-corrected chi connectivity index (χ2v) is 7.67. The van der Waals surface area contributed by atoms with Crippen molar-refractivity contribution in [3.8, 4) is 16.9 Å². The predicted octanol–water partition coefficient (Wildman–Crippen LogP) is 4.83. The summed E-state index contributed by atoms with van der Waals surface area (Å²) < 4.78 is 0.558. The number of nitrogens with one attached hydrogen (secondary N) is 1. The lowest BCUT2D eigenvalue weighted by atomic mass is 9.94. The van der Waals surface area contributed by atoms with Gasteiger partial charge in [0.15, 0.2) is 0 Å². The lowest BCUT2D eigenvalue weighted by molar-refractivity contribution is 0.478. The monoisotopic (exact) mass is 384 g/mol. The molecular weight excluding hydrogens is 368 g/mol. The summed E-state index contributed by atoms with van der Waals surface area (Å²) in [7, 11) is 0. The van der Waals surface area contributed by atoms with Gasteiger partial charge in [-0.3, -0.25) is 4.79 Å². The molecule has 4 rings (SSSR count). The van der Waals surface area contributed by atoms with Crippen LogP contribution < -0.4 is 11.3 Å². The molecule has 0 aliphatic rings. The maximum atomic E-state index is 12.3. The largest absolute Gasteiger partial charge is 0.507 e. The van der Waals surface area contributed by atoms with E-state index in [4.69, 9.17) is 17.3 Å². The molecule has 4 nitrogen and oxygen atoms in total. The van der Waals surface area contributed by atoms with Crippen molar-refractivity contribution in [1.82, 2.24) is 4.98 Å². The molecule has 1 atom stereocenters. The van der Waals surface area contributed by atoms with Gasteiger partial charge in [-0.25, -0.2) is 0 Å². The van der Waals surface area contributed by atoms with E-state index in [1.54, 1.807) is 17.5 Å². The predicted molar refractivity (Wildman–Crippen MR) is 110 cm³/mol. The first kappa shape index (κ1) is 17.1. The minimum absolute atomic E-state index is 0.146. The third kappa shape index (κ3) is 2.60. The van der Waals surface area contributed by atoms with Crippen LogP contribution in [0.25, 0.3) is 32.1 Å². The number of rotatable bonds is 3. The molecule has 6 heteroatoms. The van der Waals surface area contributed by atoms with Gasteiger partial charge >= 0.3 is 0 Å². The highest BCUT2D eigenvalue weighted by Crippen LogP contribution is 2.42. The van der Waals surface area contributed by atoms with Gasteiger partial charge in [-0.2, -0.15) is 0 Å². The zero-order valence-electron chi connectivity index (χ0n) is 14.0. The van der Waals surface area contributed by atoms with Crippen molar-refractivity contribution in [3.05, 3.63) is 62.7 Å². The van der Waals surface area contributed by atoms with Gasteiger partial charge in [-0.15, -0.1) is 11.3 Å². The first-order chi connectivity index (χ1) is 12.5. The summed E-state index contributed by atoms with van der Waals surface area (Å²) in [6, 6.07) is 11.3. The SMILES string of the molecule is CC(CN)c1ccc(-c2c(O)ccc3[nH]c(=O)c4scc(Cl)c4c23)cc1. The number of H-pyrrole nitrogens is 1. The normalized spacial score (nSPS) is 12.7. The van der Waals surface area contributed by atoms with Crippen LogP contribution in [-0.2, 0) is 0 Å². The van der Waals surface area contributed by atoms with Gasteiger partial charge in [0.1, 0.15) is 10.4 Å². The number of hydrogen-bond acceptors (Lipinski definition) is 4. The van der Waals surface area contributed by atoms with E-state index < -0.39 is 0 Å². The molecule has 0 radical (unpaired) electrons. The van der Waals surface area contributed by atoms with E-state index in [1.165, 1.54) is 11.3 Å². The first-order valence-corrected chi connectivity index (χ1v) is 9.52. The standard InChI is InChI=1S/C20H17ClN2O2S/c1-10(8-22)11-2-4-12(5-3-11)16-15(24)7-6-14-18(16)17-13(21)9-26-19(17)20(25)23-14/h2-7,9-10,24H,8,22H2,1H3,(H,23,25). The first-order valence-electron chi connectivity index (χ1n) is 8.26. The smallest absolute Gasteiger partial charge is 0.266 e. The molecule has 4 aromatic rings. The summed E-state index contributed by atoms with van der Waals surface area (Å²) in [5.74, 6) is 0.410. The van der Waals surface area contributed by atoms with Gasteiger partial charge in [-0.1, -0.05) is 42.8 Å². The topological polar surface area (TPSA) is 79.1 Å². The molecule has 0 spiro atoms. The molecule has 2 heterocycles. The summed E-state index contributed by atoms with van der Waals surface area (Å²) in [5, 5.41) is 14.3. The minimum Gasteiger partial charge on any atom is -0.507 e. The Kier molecular flexibility index (Phi) is 4.23. The highest BCUT2D eigenvalue weighted by Gasteiger charge is 2.18. The van der Waals surface area contributed by atoms with Crippen LogP contribution in [0, 0.1) is 0 Å². The van der Waals surface area contributed by atoms with Crippen molar-refractivity contribution in [3.63, 3.8) is 0 Å². The number of nitrogens with two attached hydrogens (primary N) is 1. The molecule has 4 N–H and O–H groups in total. The van der Waals surface area contributed by atoms with Crippen LogP contribution in [0.1, 0.15) is 18.4 Å². The number of pyridine rings is 1. The molecule has 132 valence electrons. The van der Waals surface area contributed by atoms with Crippen molar-refractivity contribution in [2.24, 2.45) is 5.73 Å². The van der Waals surface area contributed by atoms with Crippen molar-refractivity contribution in [1.29, 1.82) is 0 Å². The lowest BCUT2D eigenvalue weighted by Crippen LogP contribution is -2.08. The van der Waals surface area contributed by atoms with Crippen LogP contribution in [0.15, 0.2) is 46.6 Å². The van der Waals surface area contributed by atoms with Gasteiger partial charge < -0.3 is 15.8 Å². The van der Waals surface area contributed by atoms with Crippen LogP contribution in [-0.4, -0.2) is 16.6 Å². The Hall–Kier alpha value is -2.34. The van der Waals surface area contributed by atoms with Crippen LogP contribution in [0.3, 0.4) is 0 Å². The number of fused-ring (bicyclic) bond motifs is 3. The van der Waals surface area contributed by atoms with E-state index >= 15 is 0 Å². The fraction of sp³-hybridized carbons (Fsp3) is 0.150. The molecular formula is C20H17ClN2O2S. The maximum Gasteiger partial charge on any atom is 0.266 e. The molecule has 1 unspecified atom stereocenters. The van der Waals surface area contributed by atoms with Crippen LogP contribution >= 0.6 is 22.9 Å². The highest BCUT2D eigenvalue weighted by molar-refractivity contribution is 7.18. The summed E-state index contributed by atoms with van der Waals surface area (Å²) in [6.07, 6.45) is 0. The molecule has 0 aliphatic heterocycles. The highest BCUT2D eigenvalue weighted by atomic mass is 35.5. The van der Waals surface area contributed by atoms with Gasteiger partial charge in [-0.05, 0) is 35.7 Å². The third-order valence-corrected chi connectivity index (χ3v) is 6.16. The summed E-state index contributed by atoms with van der Waals surface area (Å²) in [6.45, 7) is 2.65. The zero-order valence-corrected chi connectivity index (χ0v) is 15.6. The van der Waals surface area contributed by atoms with Gasteiger partial charge in [0.25, 0.3) is 5.56 Å². The van der Waals surface area contributed by atoms with Crippen LogP contribution in [0.2, 0.25) is 5.02 Å². The molecule has 26 heavy (non-hydrogen) atoms. The fourth-order valence-electron chi connectivity index (χ4n) is 3.28. The van der Waals surface area contributed by atoms with Crippen molar-refractivity contribution < 1.29 is 5.11 Å². The van der Waals surface area contributed by atoms with E-state index in [-0.39, 0.29) is 17.2 Å². The zero-order chi connectivity index (χ0) is 18.4. The van der Waals surface area contributed by atoms with E-state index in [9.17, 15) is 9.90 Å². The Morgan fingerprint density at radius 3 is 2.62 bits per heavy atom. The lowest BCUT2D eigenvalue weighted by Gasteiger charge is -2.13. The quantitative estimate of drug-likeness (QED) is 0.473. The van der Waals surface area contributed by atoms with Crippen molar-refractivity contribution in [2.45, 2.75) is 12.8 Å². The summed E-state index contributed by atoms with van der Waals surface area (Å²) in [4.78, 5) is 15.2.